The molecule has 17 heavy (non-hydrogen) atoms. The summed E-state index contributed by atoms with van der Waals surface area (Å²) in [5.41, 5.74) is 9.67. The molecule has 1 atom stereocenters. The summed E-state index contributed by atoms with van der Waals surface area (Å²) < 4.78 is 0. The van der Waals surface area contributed by atoms with Gasteiger partial charge in [0.25, 0.3) is 0 Å². The van der Waals surface area contributed by atoms with Crippen LogP contribution in [0.4, 0.5) is 0 Å². The van der Waals surface area contributed by atoms with E-state index in [0.29, 0.717) is 11.5 Å². The minimum Gasteiger partial charge on any atom is -0.327 e. The summed E-state index contributed by atoms with van der Waals surface area (Å²) in [5.74, 6) is 0. The molecule has 1 fully saturated rings. The molecule has 0 spiro atoms. The average molecular weight is 231 g/mol. The van der Waals surface area contributed by atoms with Crippen LogP contribution in [0.3, 0.4) is 0 Å². The Morgan fingerprint density at radius 1 is 1.29 bits per heavy atom. The predicted octanol–water partition coefficient (Wildman–Crippen LogP) is 3.84. The number of rotatable bonds is 4. The van der Waals surface area contributed by atoms with Gasteiger partial charge in [0, 0.05) is 6.04 Å². The first-order valence-electron chi connectivity index (χ1n) is 6.97. The molecule has 2 N–H and O–H groups in total. The van der Waals surface area contributed by atoms with Crippen molar-refractivity contribution in [2.24, 2.45) is 11.1 Å². The van der Waals surface area contributed by atoms with Crippen molar-refractivity contribution < 1.29 is 0 Å². The third kappa shape index (κ3) is 2.71. The van der Waals surface area contributed by atoms with Gasteiger partial charge >= 0.3 is 0 Å². The largest absolute Gasteiger partial charge is 0.327 e. The van der Waals surface area contributed by atoms with Gasteiger partial charge in [0.15, 0.2) is 0 Å². The number of nitrogens with two attached hydrogens (primary N) is 1. The molecule has 1 unspecified atom stereocenters. The third-order valence-electron chi connectivity index (χ3n) is 4.63. The highest BCUT2D eigenvalue weighted by atomic mass is 14.7. The lowest BCUT2D eigenvalue weighted by molar-refractivity contribution is 0.219. The van der Waals surface area contributed by atoms with Crippen molar-refractivity contribution in [2.45, 2.75) is 58.4 Å². The van der Waals surface area contributed by atoms with Crippen LogP contribution in [-0.4, -0.2) is 6.04 Å². The van der Waals surface area contributed by atoms with Crippen molar-refractivity contribution in [3.8, 4) is 0 Å². The summed E-state index contributed by atoms with van der Waals surface area (Å²) in [5, 5.41) is 0. The smallest absolute Gasteiger partial charge is 0.0136 e. The number of benzene rings is 1. The summed E-state index contributed by atoms with van der Waals surface area (Å²) >= 11 is 0. The molecule has 0 bridgehead atoms. The fraction of sp³-hybridized carbons (Fsp3) is 0.625. The second-order valence-corrected chi connectivity index (χ2v) is 5.72. The second kappa shape index (κ2) is 5.22. The molecule has 0 aromatic heterocycles. The van der Waals surface area contributed by atoms with E-state index >= 15 is 0 Å². The van der Waals surface area contributed by atoms with Crippen LogP contribution in [-0.2, 0) is 6.42 Å². The van der Waals surface area contributed by atoms with E-state index in [4.69, 9.17) is 5.73 Å². The van der Waals surface area contributed by atoms with E-state index in [1.165, 1.54) is 43.2 Å². The van der Waals surface area contributed by atoms with Gasteiger partial charge in [-0.1, -0.05) is 49.6 Å². The van der Waals surface area contributed by atoms with Crippen molar-refractivity contribution in [3.63, 3.8) is 0 Å². The standard InChI is InChI=1S/C16H25N/c1-3-16(9-4-5-10-16)15(17)12-14-8-6-7-13(2)11-14/h6-8,11,15H,3-5,9-10,12,17H2,1-2H3. The Hall–Kier alpha value is -0.820. The van der Waals surface area contributed by atoms with Gasteiger partial charge in [-0.05, 0) is 43.6 Å². The van der Waals surface area contributed by atoms with Crippen LogP contribution in [0.5, 0.6) is 0 Å². The van der Waals surface area contributed by atoms with Gasteiger partial charge in [0.1, 0.15) is 0 Å². The molecule has 0 aliphatic heterocycles. The summed E-state index contributed by atoms with van der Waals surface area (Å²) in [6, 6.07) is 9.12. The van der Waals surface area contributed by atoms with E-state index in [2.05, 4.69) is 38.1 Å². The molecule has 0 radical (unpaired) electrons. The highest BCUT2D eigenvalue weighted by Gasteiger charge is 2.37. The summed E-state index contributed by atoms with van der Waals surface area (Å²) in [7, 11) is 0. The maximum atomic E-state index is 6.51. The van der Waals surface area contributed by atoms with Gasteiger partial charge in [0.05, 0.1) is 0 Å². The predicted molar refractivity (Wildman–Crippen MR) is 74.1 cm³/mol. The van der Waals surface area contributed by atoms with Crippen LogP contribution in [0.15, 0.2) is 24.3 Å². The fourth-order valence-corrected chi connectivity index (χ4v) is 3.38. The fourth-order valence-electron chi connectivity index (χ4n) is 3.38. The Morgan fingerprint density at radius 2 is 2.00 bits per heavy atom. The van der Waals surface area contributed by atoms with Gasteiger partial charge in [0.2, 0.25) is 0 Å². The number of aryl methyl sites for hydroxylation is 1. The van der Waals surface area contributed by atoms with Crippen molar-refractivity contribution >= 4 is 0 Å². The van der Waals surface area contributed by atoms with Crippen LogP contribution in [0, 0.1) is 12.3 Å². The second-order valence-electron chi connectivity index (χ2n) is 5.72. The molecule has 1 nitrogen and oxygen atoms in total. The van der Waals surface area contributed by atoms with E-state index in [1.807, 2.05) is 0 Å². The minimum atomic E-state index is 0.330. The van der Waals surface area contributed by atoms with Gasteiger partial charge in [-0.2, -0.15) is 0 Å². The SMILES string of the molecule is CCC1(C(N)Cc2cccc(C)c2)CCCC1. The highest BCUT2D eigenvalue weighted by Crippen LogP contribution is 2.43. The normalized spacial score (nSPS) is 20.4. The third-order valence-corrected chi connectivity index (χ3v) is 4.63. The zero-order valence-electron chi connectivity index (χ0n) is 11.2. The highest BCUT2D eigenvalue weighted by molar-refractivity contribution is 5.23. The van der Waals surface area contributed by atoms with Crippen molar-refractivity contribution in [1.29, 1.82) is 0 Å². The molecule has 0 amide bonds. The Bertz CT molecular complexity index is 364. The zero-order chi connectivity index (χ0) is 12.3. The van der Waals surface area contributed by atoms with Crippen LogP contribution in [0.2, 0.25) is 0 Å². The first-order chi connectivity index (χ1) is 8.16. The molecule has 1 aromatic carbocycles. The molecule has 94 valence electrons. The van der Waals surface area contributed by atoms with Gasteiger partial charge < -0.3 is 5.73 Å². The minimum absolute atomic E-state index is 0.330. The van der Waals surface area contributed by atoms with Crippen LogP contribution in [0.25, 0.3) is 0 Å². The van der Waals surface area contributed by atoms with Crippen LogP contribution in [0.1, 0.15) is 50.2 Å². The molecule has 0 saturated heterocycles. The van der Waals surface area contributed by atoms with E-state index in [1.54, 1.807) is 0 Å². The van der Waals surface area contributed by atoms with E-state index in [9.17, 15) is 0 Å². The lowest BCUT2D eigenvalue weighted by Crippen LogP contribution is -2.41. The number of hydrogen-bond donors (Lipinski definition) is 1. The topological polar surface area (TPSA) is 26.0 Å². The molecule has 2 rings (SSSR count). The average Bonchev–Trinajstić information content (AvgIpc) is 2.78. The van der Waals surface area contributed by atoms with E-state index in [0.717, 1.165) is 6.42 Å². The summed E-state index contributed by atoms with van der Waals surface area (Å²) in [6.07, 6.45) is 7.67. The van der Waals surface area contributed by atoms with E-state index < -0.39 is 0 Å². The summed E-state index contributed by atoms with van der Waals surface area (Å²) in [4.78, 5) is 0. The van der Waals surface area contributed by atoms with Crippen molar-refractivity contribution in [2.75, 3.05) is 0 Å². The number of hydrogen-bond acceptors (Lipinski definition) is 1. The van der Waals surface area contributed by atoms with E-state index in [-0.39, 0.29) is 0 Å². The molecule has 1 aliphatic carbocycles. The zero-order valence-corrected chi connectivity index (χ0v) is 11.2. The maximum Gasteiger partial charge on any atom is 0.0136 e. The van der Waals surface area contributed by atoms with Crippen LogP contribution < -0.4 is 5.73 Å². The first kappa shape index (κ1) is 12.6. The van der Waals surface area contributed by atoms with Crippen molar-refractivity contribution in [1.82, 2.24) is 0 Å². The molecule has 0 heterocycles. The Labute approximate surface area is 105 Å². The summed E-state index contributed by atoms with van der Waals surface area (Å²) in [6.45, 7) is 4.46. The van der Waals surface area contributed by atoms with Gasteiger partial charge in [-0.3, -0.25) is 0 Å². The molecular formula is C16H25N. The first-order valence-corrected chi connectivity index (χ1v) is 6.97. The van der Waals surface area contributed by atoms with Crippen molar-refractivity contribution in [3.05, 3.63) is 35.4 Å². The lowest BCUT2D eigenvalue weighted by atomic mass is 9.74. The Balaban J connectivity index is 2.07. The Morgan fingerprint density at radius 3 is 2.59 bits per heavy atom. The maximum absolute atomic E-state index is 6.51. The lowest BCUT2D eigenvalue weighted by Gasteiger charge is -2.34. The molecule has 1 heteroatoms. The Kier molecular flexibility index (Phi) is 3.88. The van der Waals surface area contributed by atoms with Gasteiger partial charge in [-0.15, -0.1) is 0 Å². The molecule has 1 aromatic rings. The van der Waals surface area contributed by atoms with Gasteiger partial charge in [-0.25, -0.2) is 0 Å². The quantitative estimate of drug-likeness (QED) is 0.837. The van der Waals surface area contributed by atoms with Crippen LogP contribution >= 0.6 is 0 Å². The molecular weight excluding hydrogens is 206 g/mol. The molecule has 1 saturated carbocycles. The monoisotopic (exact) mass is 231 g/mol. The molecule has 1 aliphatic rings.